The Morgan fingerprint density at radius 2 is 1.86 bits per heavy atom. The monoisotopic (exact) mass is 327 g/mol. The molecule has 0 saturated heterocycles. The number of halogens is 4. The summed E-state index contributed by atoms with van der Waals surface area (Å²) in [6, 6.07) is 7.62. The molecular formula is C14H9ClF3N3O. The minimum absolute atomic E-state index is 0.234. The molecule has 0 amide bonds. The number of methoxy groups -OCH3 is 1. The highest BCUT2D eigenvalue weighted by atomic mass is 35.5. The summed E-state index contributed by atoms with van der Waals surface area (Å²) < 4.78 is 44.0. The standard InChI is InChI=1S/C14H9ClF3N3O/c1-22-9-4-2-8-3-5-11(19-13(8)12(9)15)21-7-6-10(20-21)14(16,17)18/h2-7H,1H3. The number of rotatable bonds is 2. The van der Waals surface area contributed by atoms with Gasteiger partial charge in [-0.3, -0.25) is 0 Å². The van der Waals surface area contributed by atoms with E-state index in [1.54, 1.807) is 24.3 Å². The number of ether oxygens (including phenoxy) is 1. The summed E-state index contributed by atoms with van der Waals surface area (Å²) in [5.41, 5.74) is -0.547. The van der Waals surface area contributed by atoms with Crippen molar-refractivity contribution in [3.63, 3.8) is 0 Å². The van der Waals surface area contributed by atoms with E-state index in [0.29, 0.717) is 16.3 Å². The van der Waals surface area contributed by atoms with E-state index in [1.165, 1.54) is 13.3 Å². The Hall–Kier alpha value is -2.28. The number of alkyl halides is 3. The van der Waals surface area contributed by atoms with Gasteiger partial charge in [0.2, 0.25) is 0 Å². The summed E-state index contributed by atoms with van der Waals surface area (Å²) in [7, 11) is 1.47. The van der Waals surface area contributed by atoms with Crippen LogP contribution in [-0.4, -0.2) is 21.9 Å². The van der Waals surface area contributed by atoms with Crippen LogP contribution in [0.1, 0.15) is 5.69 Å². The minimum atomic E-state index is -4.50. The van der Waals surface area contributed by atoms with Crippen molar-refractivity contribution in [3.05, 3.63) is 47.2 Å². The van der Waals surface area contributed by atoms with Crippen molar-refractivity contribution in [2.45, 2.75) is 6.18 Å². The summed E-state index contributed by atoms with van der Waals surface area (Å²) in [5.74, 6) is 0.674. The Morgan fingerprint density at radius 1 is 1.14 bits per heavy atom. The van der Waals surface area contributed by atoms with E-state index in [0.717, 1.165) is 16.1 Å². The Labute approximate surface area is 128 Å². The van der Waals surface area contributed by atoms with Crippen LogP contribution < -0.4 is 4.74 Å². The lowest BCUT2D eigenvalue weighted by Gasteiger charge is -2.08. The lowest BCUT2D eigenvalue weighted by Crippen LogP contribution is -2.07. The fourth-order valence-electron chi connectivity index (χ4n) is 2.01. The van der Waals surface area contributed by atoms with Crippen molar-refractivity contribution >= 4 is 22.5 Å². The summed E-state index contributed by atoms with van der Waals surface area (Å²) in [6.07, 6.45) is -3.30. The molecule has 3 aromatic rings. The quantitative estimate of drug-likeness (QED) is 0.711. The highest BCUT2D eigenvalue weighted by Crippen LogP contribution is 2.32. The molecule has 0 N–H and O–H groups in total. The molecule has 8 heteroatoms. The Bertz CT molecular complexity index is 845. The van der Waals surface area contributed by atoms with E-state index in [9.17, 15) is 13.2 Å². The van der Waals surface area contributed by atoms with Crippen LogP contribution in [0.2, 0.25) is 5.02 Å². The van der Waals surface area contributed by atoms with Crippen LogP contribution in [0.3, 0.4) is 0 Å². The van der Waals surface area contributed by atoms with Crippen LogP contribution in [0.5, 0.6) is 5.75 Å². The number of hydrogen-bond donors (Lipinski definition) is 0. The topological polar surface area (TPSA) is 39.9 Å². The van der Waals surface area contributed by atoms with Crippen molar-refractivity contribution in [1.29, 1.82) is 0 Å². The maximum Gasteiger partial charge on any atom is 0.435 e. The van der Waals surface area contributed by atoms with Gasteiger partial charge < -0.3 is 4.74 Å². The van der Waals surface area contributed by atoms with Gasteiger partial charge in [0.05, 0.1) is 12.6 Å². The molecule has 114 valence electrons. The number of nitrogens with zero attached hydrogens (tertiary/aromatic N) is 3. The number of hydrogen-bond acceptors (Lipinski definition) is 3. The van der Waals surface area contributed by atoms with Crippen LogP contribution >= 0.6 is 11.6 Å². The van der Waals surface area contributed by atoms with Crippen LogP contribution in [-0.2, 0) is 6.18 Å². The molecule has 0 aliphatic carbocycles. The molecule has 0 aliphatic rings. The van der Waals surface area contributed by atoms with Gasteiger partial charge in [0.15, 0.2) is 11.5 Å². The molecule has 2 aromatic heterocycles. The lowest BCUT2D eigenvalue weighted by atomic mass is 10.2. The van der Waals surface area contributed by atoms with Gasteiger partial charge in [0, 0.05) is 11.6 Å². The molecule has 0 aliphatic heterocycles. The Morgan fingerprint density at radius 3 is 2.50 bits per heavy atom. The molecule has 2 heterocycles. The molecule has 3 rings (SSSR count). The molecule has 0 bridgehead atoms. The zero-order valence-electron chi connectivity index (χ0n) is 11.2. The largest absolute Gasteiger partial charge is 0.495 e. The van der Waals surface area contributed by atoms with Gasteiger partial charge in [-0.2, -0.15) is 18.3 Å². The average Bonchev–Trinajstić information content (AvgIpc) is 2.97. The van der Waals surface area contributed by atoms with Crippen molar-refractivity contribution in [1.82, 2.24) is 14.8 Å². The first-order chi connectivity index (χ1) is 10.4. The van der Waals surface area contributed by atoms with E-state index >= 15 is 0 Å². The fraction of sp³-hybridized carbons (Fsp3) is 0.143. The van der Waals surface area contributed by atoms with Gasteiger partial charge in [-0.25, -0.2) is 9.67 Å². The third kappa shape index (κ3) is 2.48. The van der Waals surface area contributed by atoms with Crippen LogP contribution in [0.4, 0.5) is 13.2 Å². The summed E-state index contributed by atoms with van der Waals surface area (Å²) in [5, 5.41) is 4.53. The van der Waals surface area contributed by atoms with Crippen LogP contribution in [0.25, 0.3) is 16.7 Å². The number of benzene rings is 1. The zero-order valence-corrected chi connectivity index (χ0v) is 12.0. The molecule has 0 unspecified atom stereocenters. The SMILES string of the molecule is COc1ccc2ccc(-n3ccc(C(F)(F)F)n3)nc2c1Cl. The van der Waals surface area contributed by atoms with Gasteiger partial charge >= 0.3 is 6.18 Å². The summed E-state index contributed by atoms with van der Waals surface area (Å²) in [4.78, 5) is 4.27. The fourth-order valence-corrected chi connectivity index (χ4v) is 2.30. The molecule has 0 saturated carbocycles. The zero-order chi connectivity index (χ0) is 15.9. The second-order valence-corrected chi connectivity index (χ2v) is 4.84. The van der Waals surface area contributed by atoms with Crippen LogP contribution in [0, 0.1) is 0 Å². The van der Waals surface area contributed by atoms with Crippen molar-refractivity contribution < 1.29 is 17.9 Å². The molecular weight excluding hydrogens is 319 g/mol. The third-order valence-electron chi connectivity index (χ3n) is 3.08. The normalized spacial score (nSPS) is 11.9. The van der Waals surface area contributed by atoms with E-state index in [4.69, 9.17) is 16.3 Å². The third-order valence-corrected chi connectivity index (χ3v) is 3.45. The highest BCUT2D eigenvalue weighted by molar-refractivity contribution is 6.36. The minimum Gasteiger partial charge on any atom is -0.495 e. The summed E-state index contributed by atoms with van der Waals surface area (Å²) >= 11 is 6.18. The first-order valence-electron chi connectivity index (χ1n) is 6.16. The number of aromatic nitrogens is 3. The van der Waals surface area contributed by atoms with Gasteiger partial charge in [-0.05, 0) is 30.3 Å². The lowest BCUT2D eigenvalue weighted by molar-refractivity contribution is -0.141. The molecule has 0 radical (unpaired) electrons. The Kier molecular flexibility index (Phi) is 3.44. The second kappa shape index (κ2) is 5.17. The van der Waals surface area contributed by atoms with E-state index < -0.39 is 11.9 Å². The van der Waals surface area contributed by atoms with E-state index in [2.05, 4.69) is 10.1 Å². The predicted octanol–water partition coefficient (Wildman–Crippen LogP) is 4.10. The molecule has 1 aromatic carbocycles. The van der Waals surface area contributed by atoms with Gasteiger partial charge in [-0.15, -0.1) is 0 Å². The first kappa shape index (κ1) is 14.6. The molecule has 4 nitrogen and oxygen atoms in total. The van der Waals surface area contributed by atoms with Gasteiger partial charge in [-0.1, -0.05) is 11.6 Å². The van der Waals surface area contributed by atoms with E-state index in [1.807, 2.05) is 0 Å². The second-order valence-electron chi connectivity index (χ2n) is 4.47. The predicted molar refractivity (Wildman–Crippen MR) is 75.4 cm³/mol. The maximum absolute atomic E-state index is 12.6. The highest BCUT2D eigenvalue weighted by Gasteiger charge is 2.33. The average molecular weight is 328 g/mol. The first-order valence-corrected chi connectivity index (χ1v) is 6.54. The number of fused-ring (bicyclic) bond motifs is 1. The van der Waals surface area contributed by atoms with Crippen molar-refractivity contribution in [2.24, 2.45) is 0 Å². The van der Waals surface area contributed by atoms with Gasteiger partial charge in [0.1, 0.15) is 10.8 Å². The smallest absolute Gasteiger partial charge is 0.435 e. The number of pyridine rings is 1. The van der Waals surface area contributed by atoms with Gasteiger partial charge in [0.25, 0.3) is 0 Å². The summed E-state index contributed by atoms with van der Waals surface area (Å²) in [6.45, 7) is 0. The van der Waals surface area contributed by atoms with E-state index in [-0.39, 0.29) is 5.82 Å². The van der Waals surface area contributed by atoms with Crippen molar-refractivity contribution in [3.8, 4) is 11.6 Å². The maximum atomic E-state index is 12.6. The van der Waals surface area contributed by atoms with Crippen molar-refractivity contribution in [2.75, 3.05) is 7.11 Å². The Balaban J connectivity index is 2.12. The molecule has 22 heavy (non-hydrogen) atoms. The molecule has 0 fully saturated rings. The molecule has 0 spiro atoms. The van der Waals surface area contributed by atoms with Crippen LogP contribution in [0.15, 0.2) is 36.5 Å². The molecule has 0 atom stereocenters.